The van der Waals surface area contributed by atoms with Crippen LogP contribution in [0.5, 0.6) is 0 Å². The van der Waals surface area contributed by atoms with E-state index in [0.717, 1.165) is 0 Å². The average Bonchev–Trinajstić information content (AvgIpc) is 3.55. The Morgan fingerprint density at radius 3 is 2.39 bits per heavy atom. The smallest absolute Gasteiger partial charge is 0.0826 e. The summed E-state index contributed by atoms with van der Waals surface area (Å²) in [7, 11) is -0.565. The second-order valence-corrected chi connectivity index (χ2v) is 16.3. The molecule has 0 bridgehead atoms. The molecule has 3 aliphatic rings. The first-order chi connectivity index (χ1) is 17.5. The molecule has 1 radical (unpaired) electrons. The fraction of sp³-hybridized carbons (Fsp3) is 0.182. The van der Waals surface area contributed by atoms with E-state index in [-0.39, 0.29) is 10.5 Å². The summed E-state index contributed by atoms with van der Waals surface area (Å²) in [6.07, 6.45) is 2.53. The lowest BCUT2D eigenvalue weighted by Crippen LogP contribution is -2.22. The Balaban J connectivity index is 1.55. The molecule has 0 N–H and O–H groups in total. The predicted molar refractivity (Wildman–Crippen MR) is 164 cm³/mol. The molecule has 0 nitrogen and oxygen atoms in total. The van der Waals surface area contributed by atoms with Gasteiger partial charge in [-0.05, 0) is 87.2 Å². The van der Waals surface area contributed by atoms with Crippen molar-refractivity contribution in [3.05, 3.63) is 121 Å². The third-order valence-electron chi connectivity index (χ3n) is 7.85. The van der Waals surface area contributed by atoms with E-state index >= 15 is 0 Å². The molecule has 177 valence electrons. The zero-order valence-electron chi connectivity index (χ0n) is 21.4. The van der Waals surface area contributed by atoms with Crippen LogP contribution in [0.1, 0.15) is 40.7 Å². The molecule has 1 aliphatic heterocycles. The molecule has 0 spiro atoms. The van der Waals surface area contributed by atoms with Gasteiger partial charge in [0.25, 0.3) is 0 Å². The van der Waals surface area contributed by atoms with Crippen LogP contribution in [-0.2, 0) is 0 Å². The topological polar surface area (TPSA) is 0 Å². The van der Waals surface area contributed by atoms with Gasteiger partial charge in [0.05, 0.1) is 14.0 Å². The summed E-state index contributed by atoms with van der Waals surface area (Å²) in [5.41, 5.74) is 8.82. The van der Waals surface area contributed by atoms with Crippen LogP contribution in [0.15, 0.2) is 89.4 Å². The Morgan fingerprint density at radius 1 is 0.833 bits per heavy atom. The van der Waals surface area contributed by atoms with Crippen molar-refractivity contribution in [2.45, 2.75) is 39.1 Å². The lowest BCUT2D eigenvalue weighted by molar-refractivity contribution is 1.15. The Labute approximate surface area is 221 Å². The first-order valence-corrected chi connectivity index (χ1v) is 17.3. The molecule has 0 saturated carbocycles. The Bertz CT molecular complexity index is 1840. The van der Waals surface area contributed by atoms with Gasteiger partial charge in [-0.1, -0.05) is 79.8 Å². The van der Waals surface area contributed by atoms with E-state index in [0.29, 0.717) is 5.25 Å². The third kappa shape index (κ3) is 3.03. The SMILES string of the molecule is CC1=CC2=c3cc(C)sc3=C([Si](C)C)C2=S1C1C(C)=C(c2cccc3ccccc23)c2ccccc21. The average molecular weight is 518 g/mol. The van der Waals surface area contributed by atoms with Crippen LogP contribution in [0, 0.1) is 6.92 Å². The van der Waals surface area contributed by atoms with Crippen molar-refractivity contribution in [1.29, 1.82) is 0 Å². The molecular formula is C33H29S2Si. The van der Waals surface area contributed by atoms with Gasteiger partial charge in [0.2, 0.25) is 0 Å². The normalized spacial score (nSPS) is 20.5. The quantitative estimate of drug-likeness (QED) is 0.192. The minimum atomic E-state index is -0.609. The summed E-state index contributed by atoms with van der Waals surface area (Å²) < 4.78 is 1.57. The van der Waals surface area contributed by atoms with E-state index in [1.54, 1.807) is 19.5 Å². The Morgan fingerprint density at radius 2 is 1.56 bits per heavy atom. The van der Waals surface area contributed by atoms with E-state index in [1.807, 2.05) is 11.3 Å². The number of hydrogen-bond acceptors (Lipinski definition) is 1. The summed E-state index contributed by atoms with van der Waals surface area (Å²) >= 11 is 2.01. The number of benzene rings is 3. The molecule has 2 heterocycles. The van der Waals surface area contributed by atoms with Crippen molar-refractivity contribution in [2.24, 2.45) is 0 Å². The van der Waals surface area contributed by atoms with E-state index in [2.05, 4.69) is 113 Å². The van der Waals surface area contributed by atoms with Crippen LogP contribution < -0.4 is 9.75 Å². The van der Waals surface area contributed by atoms with Gasteiger partial charge in [-0.15, -0.1) is 21.8 Å². The summed E-state index contributed by atoms with van der Waals surface area (Å²) in [4.78, 5) is 4.66. The lowest BCUT2D eigenvalue weighted by atomic mass is 9.93. The molecule has 7 rings (SSSR count). The van der Waals surface area contributed by atoms with Gasteiger partial charge in [-0.3, -0.25) is 0 Å². The molecule has 0 saturated heterocycles. The van der Waals surface area contributed by atoms with Crippen LogP contribution >= 0.6 is 21.8 Å². The molecular weight excluding hydrogens is 489 g/mol. The maximum atomic E-state index is 2.53. The zero-order chi connectivity index (χ0) is 24.7. The van der Waals surface area contributed by atoms with Gasteiger partial charge in [0, 0.05) is 19.5 Å². The minimum absolute atomic E-state index is 0.0436. The van der Waals surface area contributed by atoms with Crippen molar-refractivity contribution in [3.63, 3.8) is 0 Å². The number of hydrogen-bond donors (Lipinski definition) is 0. The maximum Gasteiger partial charge on any atom is 0.0826 e. The van der Waals surface area contributed by atoms with Crippen molar-refractivity contribution < 1.29 is 0 Å². The molecule has 36 heavy (non-hydrogen) atoms. The second-order valence-electron chi connectivity index (χ2n) is 10.4. The standard InChI is InChI=1S/C33H29S2Si/c1-19-17-27-28-18-20(2)35(32(28)33(36(4)5)30(27)34-19)31-21(3)29(25-14-8-9-15-26(25)31)24-16-10-12-22-11-6-7-13-23(22)24/h6-18,31H,1-5H3. The number of rotatable bonds is 3. The number of allylic oxidation sites excluding steroid dienone is 2. The number of fused-ring (bicyclic) bond motifs is 4. The van der Waals surface area contributed by atoms with Gasteiger partial charge < -0.3 is 0 Å². The summed E-state index contributed by atoms with van der Waals surface area (Å²) in [6, 6.07) is 27.3. The van der Waals surface area contributed by atoms with Gasteiger partial charge in [-0.25, -0.2) is 0 Å². The maximum absolute atomic E-state index is 2.53. The van der Waals surface area contributed by atoms with Crippen molar-refractivity contribution >= 4 is 62.6 Å². The highest BCUT2D eigenvalue weighted by molar-refractivity contribution is 8.21. The van der Waals surface area contributed by atoms with Gasteiger partial charge >= 0.3 is 0 Å². The van der Waals surface area contributed by atoms with E-state index in [4.69, 9.17) is 0 Å². The van der Waals surface area contributed by atoms with Crippen LogP contribution in [0.2, 0.25) is 13.1 Å². The number of thiophene rings is 1. The highest BCUT2D eigenvalue weighted by Gasteiger charge is 2.38. The largest absolute Gasteiger partial charge is 0.141 e. The molecule has 0 fully saturated rings. The summed E-state index contributed by atoms with van der Waals surface area (Å²) in [5, 5.41) is 6.28. The number of aryl methyl sites for hydroxylation is 1. The van der Waals surface area contributed by atoms with Gasteiger partial charge in [0.15, 0.2) is 0 Å². The molecule has 4 aromatic rings. The molecule has 3 aromatic carbocycles. The van der Waals surface area contributed by atoms with Crippen molar-refractivity contribution in [2.75, 3.05) is 0 Å². The van der Waals surface area contributed by atoms with E-state index < -0.39 is 8.80 Å². The predicted octanol–water partition coefficient (Wildman–Crippen LogP) is 7.75. The minimum Gasteiger partial charge on any atom is -0.141 e. The molecule has 2 unspecified atom stereocenters. The fourth-order valence-electron chi connectivity index (χ4n) is 6.45. The first-order valence-electron chi connectivity index (χ1n) is 12.7. The van der Waals surface area contributed by atoms with E-state index in [1.165, 1.54) is 54.3 Å². The molecule has 2 aliphatic carbocycles. The highest BCUT2D eigenvalue weighted by atomic mass is 32.2. The lowest BCUT2D eigenvalue weighted by Gasteiger charge is -2.23. The molecule has 3 heteroatoms. The molecule has 1 aromatic heterocycles. The van der Waals surface area contributed by atoms with Crippen LogP contribution in [0.25, 0.3) is 27.1 Å². The summed E-state index contributed by atoms with van der Waals surface area (Å²) in [6.45, 7) is 12.0. The van der Waals surface area contributed by atoms with E-state index in [9.17, 15) is 0 Å². The first kappa shape index (κ1) is 22.5. The summed E-state index contributed by atoms with van der Waals surface area (Å²) in [5.74, 6) is 0. The highest BCUT2D eigenvalue weighted by Crippen LogP contribution is 2.59. The molecule has 2 atom stereocenters. The van der Waals surface area contributed by atoms with Crippen LogP contribution in [0.3, 0.4) is 0 Å². The Kier molecular flexibility index (Phi) is 5.08. The third-order valence-corrected chi connectivity index (χ3v) is 13.5. The monoisotopic (exact) mass is 517 g/mol. The Hall–Kier alpha value is -2.72. The second kappa shape index (κ2) is 8.14. The van der Waals surface area contributed by atoms with Crippen LogP contribution in [0.4, 0.5) is 0 Å². The van der Waals surface area contributed by atoms with Gasteiger partial charge in [-0.2, -0.15) is 0 Å². The van der Waals surface area contributed by atoms with Crippen molar-refractivity contribution in [1.82, 2.24) is 0 Å². The van der Waals surface area contributed by atoms with Crippen LogP contribution in [-0.4, -0.2) is 13.7 Å². The van der Waals surface area contributed by atoms with Gasteiger partial charge in [0.1, 0.15) is 0 Å². The van der Waals surface area contributed by atoms with Crippen molar-refractivity contribution in [3.8, 4) is 0 Å². The zero-order valence-corrected chi connectivity index (χ0v) is 24.0. The fourth-order valence-corrected chi connectivity index (χ4v) is 13.2. The molecule has 0 amide bonds.